The van der Waals surface area contributed by atoms with Crippen LogP contribution in [-0.2, 0) is 22.6 Å². The van der Waals surface area contributed by atoms with Gasteiger partial charge in [0.25, 0.3) is 11.8 Å². The van der Waals surface area contributed by atoms with Gasteiger partial charge in [-0.15, -0.1) is 0 Å². The number of carbonyl (C=O) groups excluding carboxylic acids is 4. The van der Waals surface area contributed by atoms with Crippen LogP contribution in [0.25, 0.3) is 11.0 Å². The highest BCUT2D eigenvalue weighted by atomic mass is 16.2. The Bertz CT molecular complexity index is 2160. The van der Waals surface area contributed by atoms with Crippen LogP contribution in [-0.4, -0.2) is 111 Å². The summed E-state index contributed by atoms with van der Waals surface area (Å²) >= 11 is 0. The van der Waals surface area contributed by atoms with Crippen molar-refractivity contribution in [1.82, 2.24) is 39.5 Å². The molecule has 0 bridgehead atoms. The van der Waals surface area contributed by atoms with Crippen molar-refractivity contribution in [2.75, 3.05) is 57.0 Å². The van der Waals surface area contributed by atoms with Crippen molar-refractivity contribution < 1.29 is 19.2 Å². The largest absolute Gasteiger partial charge is 0.370 e. The smallest absolute Gasteiger partial charge is 0.270 e. The maximum absolute atomic E-state index is 13.1. The van der Waals surface area contributed by atoms with Crippen LogP contribution in [0.5, 0.6) is 0 Å². The van der Waals surface area contributed by atoms with Gasteiger partial charge in [-0.05, 0) is 85.8 Å². The van der Waals surface area contributed by atoms with Gasteiger partial charge in [0.2, 0.25) is 17.8 Å². The van der Waals surface area contributed by atoms with Crippen molar-refractivity contribution in [3.8, 4) is 0 Å². The number of pyridine rings is 1. The first-order valence-electron chi connectivity index (χ1n) is 20.2. The fraction of sp³-hybridized carbons (Fsp3) is 0.500. The molecule has 1 saturated carbocycles. The molecule has 7 heterocycles. The summed E-state index contributed by atoms with van der Waals surface area (Å²) < 4.78 is 2.13. The first-order chi connectivity index (χ1) is 27.2. The van der Waals surface area contributed by atoms with E-state index in [1.165, 1.54) is 5.56 Å². The fourth-order valence-electron chi connectivity index (χ4n) is 9.54. The number of nitrogens with zero attached hydrogens (tertiary/aromatic N) is 8. The van der Waals surface area contributed by atoms with Crippen LogP contribution in [0.15, 0.2) is 48.8 Å². The summed E-state index contributed by atoms with van der Waals surface area (Å²) in [6, 6.07) is 11.8. The Morgan fingerprint density at radius 1 is 0.929 bits per heavy atom. The second-order valence-electron chi connectivity index (χ2n) is 16.6. The van der Waals surface area contributed by atoms with Gasteiger partial charge < -0.3 is 29.5 Å². The molecule has 14 heteroatoms. The number of fused-ring (bicyclic) bond motifs is 2. The van der Waals surface area contributed by atoms with E-state index in [0.717, 1.165) is 100.0 Å². The van der Waals surface area contributed by atoms with Crippen molar-refractivity contribution >= 4 is 52.1 Å². The van der Waals surface area contributed by atoms with Crippen LogP contribution < -0.4 is 15.5 Å². The Morgan fingerprint density at radius 3 is 2.46 bits per heavy atom. The number of piperidine rings is 2. The molecule has 14 nitrogen and oxygen atoms in total. The average molecular weight is 759 g/mol. The normalized spacial score (nSPS) is 21.1. The lowest BCUT2D eigenvalue weighted by Crippen LogP contribution is -2.52. The summed E-state index contributed by atoms with van der Waals surface area (Å²) in [6.07, 6.45) is 12.1. The second kappa shape index (κ2) is 14.9. The molecule has 4 aliphatic heterocycles. The highest BCUT2D eigenvalue weighted by molar-refractivity contribution is 6.05. The SMILES string of the molecule is CN(C)C(=O)c1cc2cnc(Nc3ccc(N4CCC(CN5CC(Cc6ccc7c(c6)CN(C6CCC(=O)NC6=O)C7=O)C5)CC4)cn3)nc2n1C1CCCC1. The first-order valence-corrected chi connectivity index (χ1v) is 20.2. The molecule has 0 spiro atoms. The van der Waals surface area contributed by atoms with Gasteiger partial charge in [0.1, 0.15) is 23.2 Å². The summed E-state index contributed by atoms with van der Waals surface area (Å²) in [5.74, 6) is 1.65. The van der Waals surface area contributed by atoms with E-state index >= 15 is 0 Å². The maximum Gasteiger partial charge on any atom is 0.270 e. The number of carbonyl (C=O) groups is 4. The summed E-state index contributed by atoms with van der Waals surface area (Å²) in [6.45, 7) is 5.75. The Kier molecular flexibility index (Phi) is 9.68. The third-order valence-electron chi connectivity index (χ3n) is 12.5. The molecule has 292 valence electrons. The standard InChI is InChI=1S/C42H50N10O4/c1-48(2)41(56)35-19-29-20-44-42(47-38(29)52(35)31-5-3-4-6-31)45-36-11-8-32(21-43-36)50-15-13-26(14-16-50)22-49-23-28(24-49)17-27-7-9-33-30(18-27)25-51(40(33)55)34-10-12-37(53)46-39(34)54/h7-9,11,18-21,26,28,31,34H,3-6,10,12-17,22-25H2,1-2H3,(H,46,53,54)(H,43,44,45,47). The molecule has 4 fully saturated rings. The minimum absolute atomic E-state index is 0.0210. The zero-order chi connectivity index (χ0) is 38.5. The molecule has 56 heavy (non-hydrogen) atoms. The van der Waals surface area contributed by atoms with Gasteiger partial charge in [0, 0.05) is 83.0 Å². The number of anilines is 3. The molecule has 0 radical (unpaired) electrons. The van der Waals surface area contributed by atoms with Gasteiger partial charge >= 0.3 is 0 Å². The monoisotopic (exact) mass is 758 g/mol. The van der Waals surface area contributed by atoms with E-state index < -0.39 is 6.04 Å². The van der Waals surface area contributed by atoms with Crippen molar-refractivity contribution in [3.05, 3.63) is 71.2 Å². The molecule has 1 atom stereocenters. The quantitative estimate of drug-likeness (QED) is 0.221. The zero-order valence-corrected chi connectivity index (χ0v) is 32.2. The summed E-state index contributed by atoms with van der Waals surface area (Å²) in [7, 11) is 3.57. The molecule has 3 saturated heterocycles. The van der Waals surface area contributed by atoms with E-state index in [4.69, 9.17) is 9.97 Å². The Hall–Kier alpha value is -5.37. The molecule has 1 unspecified atom stereocenters. The van der Waals surface area contributed by atoms with Gasteiger partial charge in [0.15, 0.2) is 0 Å². The molecular formula is C42H50N10O4. The van der Waals surface area contributed by atoms with Crippen molar-refractivity contribution in [2.24, 2.45) is 11.8 Å². The van der Waals surface area contributed by atoms with Crippen LogP contribution in [0.4, 0.5) is 17.5 Å². The van der Waals surface area contributed by atoms with Crippen LogP contribution in [0.1, 0.15) is 89.4 Å². The van der Waals surface area contributed by atoms with E-state index in [2.05, 4.69) is 48.2 Å². The maximum atomic E-state index is 13.1. The number of likely N-dealkylation sites (tertiary alicyclic amines) is 1. The predicted molar refractivity (Wildman–Crippen MR) is 212 cm³/mol. The number of benzene rings is 1. The number of nitrogens with one attached hydrogen (secondary N) is 2. The lowest BCUT2D eigenvalue weighted by Gasteiger charge is -2.43. The second-order valence-corrected chi connectivity index (χ2v) is 16.6. The molecule has 2 N–H and O–H groups in total. The van der Waals surface area contributed by atoms with Gasteiger partial charge in [-0.1, -0.05) is 25.0 Å². The van der Waals surface area contributed by atoms with Gasteiger partial charge in [-0.3, -0.25) is 24.5 Å². The molecular weight excluding hydrogens is 709 g/mol. The van der Waals surface area contributed by atoms with E-state index in [0.29, 0.717) is 47.8 Å². The molecule has 3 aromatic heterocycles. The van der Waals surface area contributed by atoms with Crippen molar-refractivity contribution in [3.63, 3.8) is 0 Å². The molecule has 1 aliphatic carbocycles. The number of hydrogen-bond donors (Lipinski definition) is 2. The third-order valence-corrected chi connectivity index (χ3v) is 12.5. The van der Waals surface area contributed by atoms with Crippen LogP contribution in [0, 0.1) is 11.8 Å². The van der Waals surface area contributed by atoms with Gasteiger partial charge in [-0.25, -0.2) is 9.97 Å². The highest BCUT2D eigenvalue weighted by Crippen LogP contribution is 2.36. The predicted octanol–water partition coefficient (Wildman–Crippen LogP) is 4.54. The number of rotatable bonds is 10. The first kappa shape index (κ1) is 36.3. The summed E-state index contributed by atoms with van der Waals surface area (Å²) in [5.41, 5.74) is 5.46. The Balaban J connectivity index is 0.741. The van der Waals surface area contributed by atoms with Gasteiger partial charge in [0.05, 0.1) is 11.9 Å². The van der Waals surface area contributed by atoms with Crippen molar-refractivity contribution in [2.45, 2.75) is 76.4 Å². The number of aromatic nitrogens is 4. The molecule has 4 amide bonds. The number of imide groups is 1. The van der Waals surface area contributed by atoms with E-state index in [1.807, 2.05) is 24.4 Å². The number of amides is 4. The minimum Gasteiger partial charge on any atom is -0.370 e. The lowest BCUT2D eigenvalue weighted by molar-refractivity contribution is -0.136. The topological polar surface area (TPSA) is 149 Å². The Labute approximate surface area is 326 Å². The molecule has 5 aliphatic rings. The molecule has 1 aromatic carbocycles. The average Bonchev–Trinajstić information content (AvgIpc) is 3.92. The van der Waals surface area contributed by atoms with E-state index in [-0.39, 0.29) is 36.1 Å². The number of hydrogen-bond acceptors (Lipinski definition) is 10. The van der Waals surface area contributed by atoms with Crippen LogP contribution >= 0.6 is 0 Å². The fourth-order valence-corrected chi connectivity index (χ4v) is 9.54. The highest BCUT2D eigenvalue weighted by Gasteiger charge is 2.39. The van der Waals surface area contributed by atoms with E-state index in [9.17, 15) is 19.2 Å². The third kappa shape index (κ3) is 7.10. The molecule has 9 rings (SSSR count). The van der Waals surface area contributed by atoms with Gasteiger partial charge in [-0.2, -0.15) is 4.98 Å². The Morgan fingerprint density at radius 2 is 1.73 bits per heavy atom. The van der Waals surface area contributed by atoms with E-state index in [1.54, 1.807) is 30.1 Å². The van der Waals surface area contributed by atoms with Crippen molar-refractivity contribution in [1.29, 1.82) is 0 Å². The van der Waals surface area contributed by atoms with Crippen LogP contribution in [0.3, 0.4) is 0 Å². The summed E-state index contributed by atoms with van der Waals surface area (Å²) in [5, 5.41) is 6.54. The lowest BCUT2D eigenvalue weighted by atomic mass is 9.88. The minimum atomic E-state index is -0.580. The zero-order valence-electron chi connectivity index (χ0n) is 32.2. The summed E-state index contributed by atoms with van der Waals surface area (Å²) in [4.78, 5) is 72.5. The molecule has 4 aromatic rings. The van der Waals surface area contributed by atoms with Crippen LogP contribution in [0.2, 0.25) is 0 Å².